The van der Waals surface area contributed by atoms with E-state index in [9.17, 15) is 10.1 Å². The summed E-state index contributed by atoms with van der Waals surface area (Å²) in [5.74, 6) is 1.24. The first-order valence-corrected chi connectivity index (χ1v) is 9.17. The topological polar surface area (TPSA) is 112 Å². The number of nitrogens with zero attached hydrogens (tertiary/aromatic N) is 3. The van der Waals surface area contributed by atoms with Gasteiger partial charge in [-0.25, -0.2) is 10.4 Å². The summed E-state index contributed by atoms with van der Waals surface area (Å²) < 4.78 is 11.3. The van der Waals surface area contributed by atoms with Gasteiger partial charge < -0.3 is 9.47 Å². The molecule has 1 heterocycles. The SMILES string of the molecule is COc1cc(Br)c(C=NNc2nc(-c3ccccc3)c(C#N)c(=O)[nH]2)cc1OC. The molecule has 0 aliphatic carbocycles. The van der Waals surface area contributed by atoms with Crippen LogP contribution >= 0.6 is 15.9 Å². The van der Waals surface area contributed by atoms with Gasteiger partial charge in [-0.3, -0.25) is 9.78 Å². The minimum Gasteiger partial charge on any atom is -0.493 e. The number of methoxy groups -OCH3 is 2. The van der Waals surface area contributed by atoms with E-state index in [1.54, 1.807) is 50.6 Å². The molecule has 0 aliphatic rings. The standard InChI is InChI=1S/C20H16BrN5O3/c1-28-16-8-13(15(21)9-17(16)29-2)11-23-26-20-24-18(12-6-4-3-5-7-12)14(10-22)19(27)25-20/h3-9,11H,1-2H3,(H2,24,25,26,27). The van der Waals surface area contributed by atoms with E-state index in [1.165, 1.54) is 6.21 Å². The molecule has 0 saturated heterocycles. The molecular weight excluding hydrogens is 438 g/mol. The second-order valence-electron chi connectivity index (χ2n) is 5.71. The summed E-state index contributed by atoms with van der Waals surface area (Å²) in [6.45, 7) is 0. The highest BCUT2D eigenvalue weighted by molar-refractivity contribution is 9.10. The minimum absolute atomic E-state index is 0.0617. The highest BCUT2D eigenvalue weighted by atomic mass is 79.9. The van der Waals surface area contributed by atoms with Crippen molar-refractivity contribution in [1.82, 2.24) is 9.97 Å². The van der Waals surface area contributed by atoms with Gasteiger partial charge in [0.1, 0.15) is 11.6 Å². The second-order valence-corrected chi connectivity index (χ2v) is 6.57. The molecule has 0 amide bonds. The van der Waals surface area contributed by atoms with Crippen molar-refractivity contribution >= 4 is 28.1 Å². The van der Waals surface area contributed by atoms with Crippen LogP contribution in [0.15, 0.2) is 56.8 Å². The number of aromatic nitrogens is 2. The molecule has 0 aliphatic heterocycles. The molecule has 0 radical (unpaired) electrons. The Morgan fingerprint density at radius 1 is 1.21 bits per heavy atom. The van der Waals surface area contributed by atoms with Gasteiger partial charge in [0.25, 0.3) is 5.56 Å². The molecule has 3 aromatic rings. The van der Waals surface area contributed by atoms with Gasteiger partial charge in [0, 0.05) is 15.6 Å². The third-order valence-electron chi connectivity index (χ3n) is 3.96. The molecule has 0 saturated carbocycles. The van der Waals surface area contributed by atoms with Crippen molar-refractivity contribution in [2.75, 3.05) is 19.6 Å². The Morgan fingerprint density at radius 2 is 1.90 bits per heavy atom. The summed E-state index contributed by atoms with van der Waals surface area (Å²) in [6.07, 6.45) is 1.53. The van der Waals surface area contributed by atoms with Crippen molar-refractivity contribution in [1.29, 1.82) is 5.26 Å². The largest absolute Gasteiger partial charge is 0.493 e. The van der Waals surface area contributed by atoms with Crippen molar-refractivity contribution in [3.8, 4) is 28.8 Å². The summed E-state index contributed by atoms with van der Waals surface area (Å²) in [7, 11) is 3.10. The zero-order chi connectivity index (χ0) is 20.8. The van der Waals surface area contributed by atoms with E-state index in [0.29, 0.717) is 17.1 Å². The first-order chi connectivity index (χ1) is 14.1. The number of halogens is 1. The average molecular weight is 454 g/mol. The van der Waals surface area contributed by atoms with E-state index in [2.05, 4.69) is 36.4 Å². The normalized spacial score (nSPS) is 10.6. The van der Waals surface area contributed by atoms with E-state index in [0.717, 1.165) is 10.0 Å². The smallest absolute Gasteiger partial charge is 0.270 e. The summed E-state index contributed by atoms with van der Waals surface area (Å²) >= 11 is 3.45. The zero-order valence-electron chi connectivity index (χ0n) is 15.6. The van der Waals surface area contributed by atoms with E-state index < -0.39 is 5.56 Å². The fraction of sp³-hybridized carbons (Fsp3) is 0.100. The highest BCUT2D eigenvalue weighted by Crippen LogP contribution is 2.32. The van der Waals surface area contributed by atoms with Gasteiger partial charge >= 0.3 is 0 Å². The van der Waals surface area contributed by atoms with E-state index >= 15 is 0 Å². The van der Waals surface area contributed by atoms with Gasteiger partial charge in [-0.05, 0) is 28.1 Å². The molecule has 0 bridgehead atoms. The number of nitriles is 1. The van der Waals surface area contributed by atoms with Crippen LogP contribution in [0, 0.1) is 11.3 Å². The van der Waals surface area contributed by atoms with Crippen LogP contribution in [0.5, 0.6) is 11.5 Å². The maximum absolute atomic E-state index is 12.3. The van der Waals surface area contributed by atoms with Crippen molar-refractivity contribution < 1.29 is 9.47 Å². The number of hydrogen-bond acceptors (Lipinski definition) is 7. The molecule has 1 aromatic heterocycles. The van der Waals surface area contributed by atoms with Gasteiger partial charge in [-0.2, -0.15) is 10.4 Å². The van der Waals surface area contributed by atoms with Crippen LogP contribution in [0.25, 0.3) is 11.3 Å². The lowest BCUT2D eigenvalue weighted by molar-refractivity contribution is 0.354. The molecule has 146 valence electrons. The molecule has 2 N–H and O–H groups in total. The Labute approximate surface area is 175 Å². The number of anilines is 1. The fourth-order valence-corrected chi connectivity index (χ4v) is 2.99. The Hall–Kier alpha value is -3.64. The van der Waals surface area contributed by atoms with E-state index in [4.69, 9.17) is 9.47 Å². The van der Waals surface area contributed by atoms with Crippen LogP contribution in [0.1, 0.15) is 11.1 Å². The monoisotopic (exact) mass is 453 g/mol. The lowest BCUT2D eigenvalue weighted by Crippen LogP contribution is -2.16. The number of H-pyrrole nitrogens is 1. The molecule has 0 unspecified atom stereocenters. The molecule has 0 atom stereocenters. The Kier molecular flexibility index (Phi) is 6.26. The van der Waals surface area contributed by atoms with E-state index in [-0.39, 0.29) is 17.2 Å². The summed E-state index contributed by atoms with van der Waals surface area (Å²) in [6, 6.07) is 14.4. The summed E-state index contributed by atoms with van der Waals surface area (Å²) in [5.41, 5.74) is 3.73. The van der Waals surface area contributed by atoms with Crippen molar-refractivity contribution in [3.63, 3.8) is 0 Å². The number of aromatic amines is 1. The number of nitrogens with one attached hydrogen (secondary N) is 2. The first-order valence-electron chi connectivity index (χ1n) is 8.37. The molecule has 2 aromatic carbocycles. The van der Waals surface area contributed by atoms with Gasteiger partial charge in [0.15, 0.2) is 11.5 Å². The molecule has 29 heavy (non-hydrogen) atoms. The van der Waals surface area contributed by atoms with Gasteiger partial charge in [-0.15, -0.1) is 0 Å². The number of benzene rings is 2. The van der Waals surface area contributed by atoms with E-state index in [1.807, 2.05) is 12.1 Å². The maximum Gasteiger partial charge on any atom is 0.270 e. The average Bonchev–Trinajstić information content (AvgIpc) is 2.74. The Morgan fingerprint density at radius 3 is 2.55 bits per heavy atom. The van der Waals surface area contributed by atoms with Crippen LogP contribution in [0.3, 0.4) is 0 Å². The van der Waals surface area contributed by atoms with Gasteiger partial charge in [0.2, 0.25) is 5.95 Å². The molecule has 8 nitrogen and oxygen atoms in total. The van der Waals surface area contributed by atoms with Gasteiger partial charge in [0.05, 0.1) is 26.1 Å². The molecular formula is C20H16BrN5O3. The molecule has 9 heteroatoms. The number of hydrazone groups is 1. The van der Waals surface area contributed by atoms with Crippen molar-refractivity contribution in [2.24, 2.45) is 5.10 Å². The minimum atomic E-state index is -0.550. The van der Waals surface area contributed by atoms with Crippen molar-refractivity contribution in [3.05, 3.63) is 68.4 Å². The number of hydrogen-bond donors (Lipinski definition) is 2. The summed E-state index contributed by atoms with van der Waals surface area (Å²) in [5, 5.41) is 13.4. The quantitative estimate of drug-likeness (QED) is 0.435. The van der Waals surface area contributed by atoms with Crippen LogP contribution in [0.2, 0.25) is 0 Å². The molecule has 0 fully saturated rings. The predicted octanol–water partition coefficient (Wildman–Crippen LogP) is 3.53. The Bertz CT molecular complexity index is 1150. The lowest BCUT2D eigenvalue weighted by Gasteiger charge is -2.09. The molecule has 3 rings (SSSR count). The number of rotatable bonds is 6. The Balaban J connectivity index is 1.91. The third kappa shape index (κ3) is 4.44. The van der Waals surface area contributed by atoms with Crippen LogP contribution < -0.4 is 20.5 Å². The summed E-state index contributed by atoms with van der Waals surface area (Å²) in [4.78, 5) is 19.1. The highest BCUT2D eigenvalue weighted by Gasteiger charge is 2.13. The molecule has 0 spiro atoms. The predicted molar refractivity (Wildman–Crippen MR) is 113 cm³/mol. The third-order valence-corrected chi connectivity index (χ3v) is 4.64. The zero-order valence-corrected chi connectivity index (χ0v) is 17.1. The fourth-order valence-electron chi connectivity index (χ4n) is 2.57. The van der Waals surface area contributed by atoms with Gasteiger partial charge in [-0.1, -0.05) is 30.3 Å². The van der Waals surface area contributed by atoms with Crippen molar-refractivity contribution in [2.45, 2.75) is 0 Å². The lowest BCUT2D eigenvalue weighted by atomic mass is 10.1. The first kappa shape index (κ1) is 20.1. The van der Waals surface area contributed by atoms with Crippen LogP contribution in [0.4, 0.5) is 5.95 Å². The maximum atomic E-state index is 12.3. The van der Waals surface area contributed by atoms with Crippen LogP contribution in [-0.2, 0) is 0 Å². The van der Waals surface area contributed by atoms with Crippen LogP contribution in [-0.4, -0.2) is 30.4 Å². The number of ether oxygens (including phenoxy) is 2. The second kappa shape index (κ2) is 9.03.